The average molecular weight is 320 g/mol. The second kappa shape index (κ2) is 9.40. The standard InChI is InChI=1S/C18H32N4O/c1-18(2,3)21-17(19-4)20-14-15-8-10-16(11-9-15)23-13-7-12-22(5)6/h8-11H,7,12-14H2,1-6H3,(H2,19,20,21). The van der Waals surface area contributed by atoms with E-state index in [0.717, 1.165) is 37.8 Å². The molecule has 0 aromatic heterocycles. The summed E-state index contributed by atoms with van der Waals surface area (Å²) in [6.45, 7) is 8.86. The highest BCUT2D eigenvalue weighted by molar-refractivity contribution is 5.80. The summed E-state index contributed by atoms with van der Waals surface area (Å²) in [5.74, 6) is 1.73. The molecule has 0 spiro atoms. The fraction of sp³-hybridized carbons (Fsp3) is 0.611. The second-order valence-electron chi connectivity index (χ2n) is 6.95. The first-order valence-corrected chi connectivity index (χ1v) is 8.15. The van der Waals surface area contributed by atoms with Gasteiger partial charge in [0.05, 0.1) is 6.61 Å². The fourth-order valence-electron chi connectivity index (χ4n) is 1.99. The van der Waals surface area contributed by atoms with E-state index in [0.29, 0.717) is 0 Å². The molecule has 0 aliphatic carbocycles. The zero-order valence-corrected chi connectivity index (χ0v) is 15.4. The molecule has 1 aromatic carbocycles. The molecule has 130 valence electrons. The maximum Gasteiger partial charge on any atom is 0.191 e. The number of hydrogen-bond donors (Lipinski definition) is 2. The Hall–Kier alpha value is -1.75. The molecule has 23 heavy (non-hydrogen) atoms. The van der Waals surface area contributed by atoms with Gasteiger partial charge >= 0.3 is 0 Å². The van der Waals surface area contributed by atoms with Crippen LogP contribution in [0, 0.1) is 0 Å². The van der Waals surface area contributed by atoms with E-state index in [1.165, 1.54) is 5.56 Å². The second-order valence-corrected chi connectivity index (χ2v) is 6.95. The lowest BCUT2D eigenvalue weighted by Crippen LogP contribution is -2.47. The van der Waals surface area contributed by atoms with Crippen LogP contribution in [0.15, 0.2) is 29.3 Å². The zero-order valence-electron chi connectivity index (χ0n) is 15.4. The molecule has 5 nitrogen and oxygen atoms in total. The lowest BCUT2D eigenvalue weighted by molar-refractivity contribution is 0.281. The third kappa shape index (κ3) is 9.08. The predicted octanol–water partition coefficient (Wildman–Crippen LogP) is 2.48. The fourth-order valence-corrected chi connectivity index (χ4v) is 1.99. The molecule has 0 saturated heterocycles. The highest BCUT2D eigenvalue weighted by Gasteiger charge is 2.11. The van der Waals surface area contributed by atoms with Gasteiger partial charge in [-0.1, -0.05) is 12.1 Å². The van der Waals surface area contributed by atoms with Crippen LogP contribution < -0.4 is 15.4 Å². The number of rotatable bonds is 7. The average Bonchev–Trinajstić information content (AvgIpc) is 2.48. The Morgan fingerprint density at radius 2 is 1.83 bits per heavy atom. The molecule has 0 amide bonds. The van der Waals surface area contributed by atoms with Gasteiger partial charge in [-0.25, -0.2) is 0 Å². The summed E-state index contributed by atoms with van der Waals surface area (Å²) < 4.78 is 5.74. The number of benzene rings is 1. The van der Waals surface area contributed by atoms with Gasteiger partial charge in [-0.15, -0.1) is 0 Å². The van der Waals surface area contributed by atoms with Crippen molar-refractivity contribution in [2.24, 2.45) is 4.99 Å². The molecule has 2 N–H and O–H groups in total. The molecule has 1 aromatic rings. The smallest absolute Gasteiger partial charge is 0.191 e. The summed E-state index contributed by atoms with van der Waals surface area (Å²) in [5, 5.41) is 6.66. The van der Waals surface area contributed by atoms with Gasteiger partial charge in [0, 0.05) is 25.7 Å². The Labute approximate surface area is 141 Å². The molecule has 0 saturated carbocycles. The maximum absolute atomic E-state index is 5.74. The number of nitrogens with zero attached hydrogens (tertiary/aromatic N) is 2. The molecule has 0 radical (unpaired) electrons. The molecule has 0 fully saturated rings. The van der Waals surface area contributed by atoms with Crippen LogP contribution in [0.2, 0.25) is 0 Å². The summed E-state index contributed by atoms with van der Waals surface area (Å²) >= 11 is 0. The molecule has 5 heteroatoms. The molecule has 0 heterocycles. The van der Waals surface area contributed by atoms with E-state index in [4.69, 9.17) is 4.74 Å². The van der Waals surface area contributed by atoms with E-state index in [1.54, 1.807) is 7.05 Å². The maximum atomic E-state index is 5.74. The van der Waals surface area contributed by atoms with Gasteiger partial charge in [0.15, 0.2) is 5.96 Å². The molecule has 0 aliphatic heterocycles. The van der Waals surface area contributed by atoms with Crippen molar-refractivity contribution in [1.29, 1.82) is 0 Å². The summed E-state index contributed by atoms with van der Waals surface area (Å²) in [4.78, 5) is 6.40. The minimum Gasteiger partial charge on any atom is -0.494 e. The molecule has 1 rings (SSSR count). The van der Waals surface area contributed by atoms with Crippen molar-refractivity contribution < 1.29 is 4.74 Å². The van der Waals surface area contributed by atoms with Crippen LogP contribution in [0.25, 0.3) is 0 Å². The van der Waals surface area contributed by atoms with Crippen molar-refractivity contribution in [1.82, 2.24) is 15.5 Å². The Balaban J connectivity index is 2.39. The summed E-state index contributed by atoms with van der Waals surface area (Å²) in [7, 11) is 5.93. The lowest BCUT2D eigenvalue weighted by Gasteiger charge is -2.23. The topological polar surface area (TPSA) is 48.9 Å². The van der Waals surface area contributed by atoms with Crippen molar-refractivity contribution in [3.8, 4) is 5.75 Å². The normalized spacial score (nSPS) is 12.4. The lowest BCUT2D eigenvalue weighted by atomic mass is 10.1. The first-order valence-electron chi connectivity index (χ1n) is 8.15. The van der Waals surface area contributed by atoms with E-state index in [2.05, 4.69) is 67.5 Å². The number of aliphatic imine (C=N–C) groups is 1. The van der Waals surface area contributed by atoms with Gasteiger partial charge in [-0.05, 0) is 59.0 Å². The summed E-state index contributed by atoms with van der Waals surface area (Å²) in [6.07, 6.45) is 1.03. The minimum absolute atomic E-state index is 0.00784. The predicted molar refractivity (Wildman–Crippen MR) is 98.2 cm³/mol. The van der Waals surface area contributed by atoms with Crippen LogP contribution in [-0.2, 0) is 6.54 Å². The minimum atomic E-state index is -0.00784. The number of nitrogens with one attached hydrogen (secondary N) is 2. The van der Waals surface area contributed by atoms with E-state index in [-0.39, 0.29) is 5.54 Å². The SMILES string of the molecule is CN=C(NCc1ccc(OCCCN(C)C)cc1)NC(C)(C)C. The summed E-state index contributed by atoms with van der Waals surface area (Å²) in [6, 6.07) is 8.20. The monoisotopic (exact) mass is 320 g/mol. The Morgan fingerprint density at radius 1 is 1.17 bits per heavy atom. The van der Waals surface area contributed by atoms with Crippen LogP contribution >= 0.6 is 0 Å². The van der Waals surface area contributed by atoms with Crippen LogP contribution in [0.1, 0.15) is 32.8 Å². The van der Waals surface area contributed by atoms with Crippen molar-refractivity contribution in [3.05, 3.63) is 29.8 Å². The third-order valence-corrected chi connectivity index (χ3v) is 3.12. The Kier molecular flexibility index (Phi) is 7.89. The van der Waals surface area contributed by atoms with Crippen molar-refractivity contribution in [2.45, 2.75) is 39.3 Å². The quantitative estimate of drug-likeness (QED) is 0.460. The van der Waals surface area contributed by atoms with E-state index in [1.807, 2.05) is 12.1 Å². The zero-order chi connectivity index (χ0) is 17.3. The van der Waals surface area contributed by atoms with Gasteiger partial charge < -0.3 is 20.3 Å². The number of ether oxygens (including phenoxy) is 1. The van der Waals surface area contributed by atoms with Crippen LogP contribution in [-0.4, -0.2) is 50.7 Å². The van der Waals surface area contributed by atoms with E-state index >= 15 is 0 Å². The van der Waals surface area contributed by atoms with Gasteiger partial charge in [-0.2, -0.15) is 0 Å². The van der Waals surface area contributed by atoms with Crippen molar-refractivity contribution in [3.63, 3.8) is 0 Å². The molecular weight excluding hydrogens is 288 g/mol. The molecule has 0 aliphatic rings. The first kappa shape index (κ1) is 19.3. The Bertz CT molecular complexity index is 475. The van der Waals surface area contributed by atoms with Crippen LogP contribution in [0.5, 0.6) is 5.75 Å². The van der Waals surface area contributed by atoms with Crippen molar-refractivity contribution in [2.75, 3.05) is 34.3 Å². The van der Waals surface area contributed by atoms with Crippen molar-refractivity contribution >= 4 is 5.96 Å². The van der Waals surface area contributed by atoms with Crippen LogP contribution in [0.4, 0.5) is 0 Å². The highest BCUT2D eigenvalue weighted by Crippen LogP contribution is 2.12. The van der Waals surface area contributed by atoms with Gasteiger partial charge in [0.25, 0.3) is 0 Å². The third-order valence-electron chi connectivity index (χ3n) is 3.12. The summed E-state index contributed by atoms with van der Waals surface area (Å²) in [5.41, 5.74) is 1.19. The van der Waals surface area contributed by atoms with Crippen LogP contribution in [0.3, 0.4) is 0 Å². The van der Waals surface area contributed by atoms with Gasteiger partial charge in [0.1, 0.15) is 5.75 Å². The number of guanidine groups is 1. The molecule has 0 bridgehead atoms. The number of hydrogen-bond acceptors (Lipinski definition) is 3. The van der Waals surface area contributed by atoms with Gasteiger partial charge in [-0.3, -0.25) is 4.99 Å². The largest absolute Gasteiger partial charge is 0.494 e. The highest BCUT2D eigenvalue weighted by atomic mass is 16.5. The van der Waals surface area contributed by atoms with E-state index < -0.39 is 0 Å². The molecular formula is C18H32N4O. The first-order chi connectivity index (χ1) is 10.8. The molecule has 0 atom stereocenters. The molecule has 0 unspecified atom stereocenters. The van der Waals surface area contributed by atoms with Gasteiger partial charge in [0.2, 0.25) is 0 Å². The van der Waals surface area contributed by atoms with E-state index in [9.17, 15) is 0 Å². The Morgan fingerprint density at radius 3 is 2.35 bits per heavy atom.